The van der Waals surface area contributed by atoms with Crippen molar-refractivity contribution in [1.29, 1.82) is 0 Å². The fourth-order valence-electron chi connectivity index (χ4n) is 2.41. The van der Waals surface area contributed by atoms with Crippen LogP contribution in [0.25, 0.3) is 0 Å². The Morgan fingerprint density at radius 3 is 2.15 bits per heavy atom. The van der Waals surface area contributed by atoms with Crippen LogP contribution in [0.3, 0.4) is 0 Å². The Labute approximate surface area is 159 Å². The molecule has 6 nitrogen and oxygen atoms in total. The van der Waals surface area contributed by atoms with Crippen LogP contribution in [-0.2, 0) is 4.79 Å². The molecule has 1 aliphatic rings. The third-order valence-corrected chi connectivity index (χ3v) is 3.85. The number of rotatable bonds is 7. The summed E-state index contributed by atoms with van der Waals surface area (Å²) in [6.07, 6.45) is 2.51. The largest absolute Gasteiger partial charge is 0.325 e. The van der Waals surface area contributed by atoms with Gasteiger partial charge in [-0.1, -0.05) is 24.3 Å². The second-order valence-electron chi connectivity index (χ2n) is 6.15. The zero-order chi connectivity index (χ0) is 17.5. The van der Waals surface area contributed by atoms with E-state index in [9.17, 15) is 9.59 Å². The van der Waals surface area contributed by atoms with Crippen molar-refractivity contribution >= 4 is 41.4 Å². The number of hydrogen-bond acceptors (Lipinski definition) is 3. The minimum Gasteiger partial charge on any atom is -0.325 e. The van der Waals surface area contributed by atoms with Crippen LogP contribution in [0.2, 0.25) is 0 Å². The first-order valence-corrected chi connectivity index (χ1v) is 8.43. The first-order chi connectivity index (χ1) is 12.2. The van der Waals surface area contributed by atoms with Crippen molar-refractivity contribution in [1.82, 2.24) is 5.32 Å². The summed E-state index contributed by atoms with van der Waals surface area (Å²) in [5.74, 6) is 0.648. The van der Waals surface area contributed by atoms with Gasteiger partial charge in [-0.3, -0.25) is 4.79 Å². The smallest absolute Gasteiger partial charge is 0.323 e. The van der Waals surface area contributed by atoms with Crippen molar-refractivity contribution < 1.29 is 9.59 Å². The van der Waals surface area contributed by atoms with Crippen molar-refractivity contribution in [2.75, 3.05) is 29.0 Å². The second-order valence-corrected chi connectivity index (χ2v) is 6.15. The van der Waals surface area contributed by atoms with Gasteiger partial charge in [-0.2, -0.15) is 0 Å². The van der Waals surface area contributed by atoms with Crippen LogP contribution in [0.1, 0.15) is 12.8 Å². The molecule has 0 saturated heterocycles. The molecule has 138 valence electrons. The van der Waals surface area contributed by atoms with E-state index in [4.69, 9.17) is 0 Å². The van der Waals surface area contributed by atoms with E-state index in [0.29, 0.717) is 23.6 Å². The summed E-state index contributed by atoms with van der Waals surface area (Å²) in [4.78, 5) is 23.9. The van der Waals surface area contributed by atoms with Gasteiger partial charge < -0.3 is 21.3 Å². The molecule has 1 aliphatic carbocycles. The highest BCUT2D eigenvalue weighted by atomic mass is 35.5. The monoisotopic (exact) mass is 374 g/mol. The molecule has 26 heavy (non-hydrogen) atoms. The van der Waals surface area contributed by atoms with Crippen LogP contribution in [0.4, 0.5) is 21.9 Å². The molecule has 1 fully saturated rings. The summed E-state index contributed by atoms with van der Waals surface area (Å²) >= 11 is 0. The van der Waals surface area contributed by atoms with E-state index >= 15 is 0 Å². The topological polar surface area (TPSA) is 82.3 Å². The summed E-state index contributed by atoms with van der Waals surface area (Å²) in [5.41, 5.74) is 1.97. The summed E-state index contributed by atoms with van der Waals surface area (Å²) in [7, 11) is 0. The van der Waals surface area contributed by atoms with Crippen LogP contribution < -0.4 is 21.3 Å². The van der Waals surface area contributed by atoms with Crippen molar-refractivity contribution in [3.8, 4) is 0 Å². The predicted octanol–water partition coefficient (Wildman–Crippen LogP) is 3.69. The fourth-order valence-corrected chi connectivity index (χ4v) is 2.41. The highest BCUT2D eigenvalue weighted by Crippen LogP contribution is 2.27. The Bertz CT molecular complexity index is 735. The number of para-hydroxylation sites is 1. The normalized spacial score (nSPS) is 12.6. The van der Waals surface area contributed by atoms with Crippen molar-refractivity contribution in [3.63, 3.8) is 0 Å². The number of nitrogens with one attached hydrogen (secondary N) is 4. The molecule has 3 amide bonds. The number of carbonyl (C=O) groups excluding carboxylic acids is 2. The fraction of sp³-hybridized carbons (Fsp3) is 0.263. The first kappa shape index (κ1) is 19.8. The second kappa shape index (κ2) is 9.79. The van der Waals surface area contributed by atoms with Gasteiger partial charge in [0.25, 0.3) is 0 Å². The molecule has 0 spiro atoms. The summed E-state index contributed by atoms with van der Waals surface area (Å²) in [6, 6.07) is 15.9. The van der Waals surface area contributed by atoms with Crippen LogP contribution in [0.15, 0.2) is 54.6 Å². The van der Waals surface area contributed by atoms with E-state index in [0.717, 1.165) is 12.5 Å². The standard InChI is InChI=1S/C19H22N4O2.ClH/c24-18(13-20-12-14-9-10-14)21-16-7-4-8-17(11-16)23-19(25)22-15-5-2-1-3-6-15;/h1-8,11,14,20H,9-10,12-13H2,(H,21,24)(H2,22,23,25);1H. The van der Waals surface area contributed by atoms with Crippen LogP contribution >= 0.6 is 12.4 Å². The molecule has 3 rings (SSSR count). The Hall–Kier alpha value is -2.57. The van der Waals surface area contributed by atoms with Gasteiger partial charge in [0.15, 0.2) is 0 Å². The molecule has 0 aromatic heterocycles. The van der Waals surface area contributed by atoms with Gasteiger partial charge in [-0.15, -0.1) is 12.4 Å². The lowest BCUT2D eigenvalue weighted by Gasteiger charge is -2.10. The maximum absolute atomic E-state index is 12.0. The van der Waals surface area contributed by atoms with E-state index in [1.165, 1.54) is 12.8 Å². The van der Waals surface area contributed by atoms with Crippen LogP contribution in [-0.4, -0.2) is 25.0 Å². The Morgan fingerprint density at radius 1 is 0.846 bits per heavy atom. The van der Waals surface area contributed by atoms with E-state index in [-0.39, 0.29) is 24.3 Å². The SMILES string of the molecule is Cl.O=C(CNCC1CC1)Nc1cccc(NC(=O)Nc2ccccc2)c1. The van der Waals surface area contributed by atoms with Gasteiger partial charge in [0.2, 0.25) is 5.91 Å². The van der Waals surface area contributed by atoms with Crippen LogP contribution in [0.5, 0.6) is 0 Å². The number of amides is 3. The molecule has 2 aromatic carbocycles. The van der Waals surface area contributed by atoms with Crippen LogP contribution in [0, 0.1) is 5.92 Å². The van der Waals surface area contributed by atoms with Gasteiger partial charge in [-0.05, 0) is 55.6 Å². The van der Waals surface area contributed by atoms with Gasteiger partial charge >= 0.3 is 6.03 Å². The molecule has 0 bridgehead atoms. The molecule has 0 aliphatic heterocycles. The third kappa shape index (κ3) is 6.74. The summed E-state index contributed by atoms with van der Waals surface area (Å²) in [6.45, 7) is 1.19. The lowest BCUT2D eigenvalue weighted by atomic mass is 10.2. The number of hydrogen-bond donors (Lipinski definition) is 4. The Kier molecular flexibility index (Phi) is 7.44. The lowest BCUT2D eigenvalue weighted by Crippen LogP contribution is -2.29. The zero-order valence-corrected chi connectivity index (χ0v) is 15.1. The quantitative estimate of drug-likeness (QED) is 0.596. The van der Waals surface area contributed by atoms with Gasteiger partial charge in [-0.25, -0.2) is 4.79 Å². The van der Waals surface area contributed by atoms with Gasteiger partial charge in [0.1, 0.15) is 0 Å². The summed E-state index contributed by atoms with van der Waals surface area (Å²) < 4.78 is 0. The minimum atomic E-state index is -0.333. The number of halogens is 1. The number of carbonyl (C=O) groups is 2. The Morgan fingerprint density at radius 2 is 1.46 bits per heavy atom. The molecule has 0 atom stereocenters. The number of benzene rings is 2. The zero-order valence-electron chi connectivity index (χ0n) is 14.3. The maximum atomic E-state index is 12.0. The highest BCUT2D eigenvalue weighted by Gasteiger charge is 2.20. The van der Waals surface area contributed by atoms with Crippen molar-refractivity contribution in [2.24, 2.45) is 5.92 Å². The Balaban J connectivity index is 0.00000243. The predicted molar refractivity (Wildman–Crippen MR) is 107 cm³/mol. The molecule has 0 unspecified atom stereocenters. The molecule has 0 heterocycles. The molecule has 2 aromatic rings. The molecular weight excluding hydrogens is 352 g/mol. The molecule has 7 heteroatoms. The molecule has 1 saturated carbocycles. The van der Waals surface area contributed by atoms with E-state index < -0.39 is 0 Å². The van der Waals surface area contributed by atoms with Gasteiger partial charge in [0.05, 0.1) is 6.54 Å². The van der Waals surface area contributed by atoms with E-state index in [1.54, 1.807) is 24.3 Å². The molecule has 0 radical (unpaired) electrons. The first-order valence-electron chi connectivity index (χ1n) is 8.43. The van der Waals surface area contributed by atoms with Crippen molar-refractivity contribution in [2.45, 2.75) is 12.8 Å². The third-order valence-electron chi connectivity index (χ3n) is 3.85. The van der Waals surface area contributed by atoms with E-state index in [1.807, 2.05) is 30.3 Å². The molecular formula is C19H23ClN4O2. The van der Waals surface area contributed by atoms with E-state index in [2.05, 4.69) is 21.3 Å². The summed E-state index contributed by atoms with van der Waals surface area (Å²) in [5, 5.41) is 11.5. The number of urea groups is 1. The number of anilines is 3. The van der Waals surface area contributed by atoms with Crippen molar-refractivity contribution in [3.05, 3.63) is 54.6 Å². The van der Waals surface area contributed by atoms with Gasteiger partial charge in [0, 0.05) is 17.1 Å². The average molecular weight is 375 g/mol. The average Bonchev–Trinajstić information content (AvgIpc) is 3.40. The lowest BCUT2D eigenvalue weighted by molar-refractivity contribution is -0.115. The maximum Gasteiger partial charge on any atom is 0.323 e. The highest BCUT2D eigenvalue weighted by molar-refractivity contribution is 6.00. The molecule has 4 N–H and O–H groups in total. The minimum absolute atomic E-state index is 0.